The standard InChI is InChI=1S/C14H19N3OS/c1-9-6-5-7-10-12(9)16-13(19-10)15-8-11(18)17-14(2,3)4/h5-7H,8H2,1-4H3,(H,15,16)(H,17,18). The monoisotopic (exact) mass is 277 g/mol. The Morgan fingerprint density at radius 1 is 1.37 bits per heavy atom. The first kappa shape index (κ1) is 13.8. The van der Waals surface area contributed by atoms with Crippen LogP contribution in [-0.4, -0.2) is 23.0 Å². The molecule has 19 heavy (non-hydrogen) atoms. The van der Waals surface area contributed by atoms with Crippen molar-refractivity contribution in [2.45, 2.75) is 33.2 Å². The largest absolute Gasteiger partial charge is 0.352 e. The number of nitrogens with one attached hydrogen (secondary N) is 2. The smallest absolute Gasteiger partial charge is 0.239 e. The van der Waals surface area contributed by atoms with Crippen molar-refractivity contribution >= 4 is 32.6 Å². The highest BCUT2D eigenvalue weighted by atomic mass is 32.1. The minimum Gasteiger partial charge on any atom is -0.352 e. The summed E-state index contributed by atoms with van der Waals surface area (Å²) in [4.78, 5) is 16.2. The molecule has 0 aliphatic rings. The average Bonchev–Trinajstić information content (AvgIpc) is 2.68. The maximum Gasteiger partial charge on any atom is 0.239 e. The number of hydrogen-bond acceptors (Lipinski definition) is 4. The molecule has 0 spiro atoms. The van der Waals surface area contributed by atoms with Crippen molar-refractivity contribution in [3.8, 4) is 0 Å². The first-order valence-electron chi connectivity index (χ1n) is 6.26. The van der Waals surface area contributed by atoms with Gasteiger partial charge in [-0.2, -0.15) is 0 Å². The van der Waals surface area contributed by atoms with Gasteiger partial charge in [-0.3, -0.25) is 4.79 Å². The molecular formula is C14H19N3OS. The molecule has 0 radical (unpaired) electrons. The number of hydrogen-bond donors (Lipinski definition) is 2. The Kier molecular flexibility index (Phi) is 3.75. The summed E-state index contributed by atoms with van der Waals surface area (Å²) in [6, 6.07) is 6.10. The molecule has 1 aromatic heterocycles. The second kappa shape index (κ2) is 5.17. The number of benzene rings is 1. The molecule has 0 saturated carbocycles. The fourth-order valence-electron chi connectivity index (χ4n) is 1.78. The molecule has 0 aliphatic heterocycles. The van der Waals surface area contributed by atoms with Crippen molar-refractivity contribution in [1.82, 2.24) is 10.3 Å². The third-order valence-corrected chi connectivity index (χ3v) is 3.51. The maximum atomic E-state index is 11.7. The molecule has 1 heterocycles. The third kappa shape index (κ3) is 3.67. The first-order chi connectivity index (χ1) is 8.85. The van der Waals surface area contributed by atoms with Gasteiger partial charge in [0.15, 0.2) is 5.13 Å². The zero-order valence-corrected chi connectivity index (χ0v) is 12.5. The quantitative estimate of drug-likeness (QED) is 0.907. The summed E-state index contributed by atoms with van der Waals surface area (Å²) in [5, 5.41) is 6.77. The molecule has 0 fully saturated rings. The molecule has 2 aromatic rings. The molecule has 1 aromatic carbocycles. The second-order valence-corrected chi connectivity index (χ2v) is 6.62. The molecule has 5 heteroatoms. The molecule has 0 aliphatic carbocycles. The number of thiazole rings is 1. The lowest BCUT2D eigenvalue weighted by atomic mass is 10.1. The van der Waals surface area contributed by atoms with Crippen LogP contribution in [0.4, 0.5) is 5.13 Å². The molecule has 2 rings (SSSR count). The molecule has 0 bridgehead atoms. The Hall–Kier alpha value is -1.62. The number of nitrogens with zero attached hydrogens (tertiary/aromatic N) is 1. The SMILES string of the molecule is Cc1cccc2sc(NCC(=O)NC(C)(C)C)nc12. The number of fused-ring (bicyclic) bond motifs is 1. The average molecular weight is 277 g/mol. The Labute approximate surface area is 117 Å². The van der Waals surface area contributed by atoms with Crippen molar-refractivity contribution < 1.29 is 4.79 Å². The van der Waals surface area contributed by atoms with Crippen LogP contribution in [-0.2, 0) is 4.79 Å². The van der Waals surface area contributed by atoms with Gasteiger partial charge in [0, 0.05) is 5.54 Å². The van der Waals surface area contributed by atoms with Crippen molar-refractivity contribution in [2.24, 2.45) is 0 Å². The zero-order valence-electron chi connectivity index (χ0n) is 11.7. The third-order valence-electron chi connectivity index (χ3n) is 2.54. The number of aromatic nitrogens is 1. The highest BCUT2D eigenvalue weighted by Crippen LogP contribution is 2.27. The van der Waals surface area contributed by atoms with E-state index >= 15 is 0 Å². The number of para-hydroxylation sites is 1. The number of carbonyl (C=O) groups is 1. The van der Waals surface area contributed by atoms with Crippen LogP contribution in [0.2, 0.25) is 0 Å². The lowest BCUT2D eigenvalue weighted by Gasteiger charge is -2.20. The van der Waals surface area contributed by atoms with Crippen molar-refractivity contribution in [3.05, 3.63) is 23.8 Å². The number of anilines is 1. The second-order valence-electron chi connectivity index (χ2n) is 5.59. The number of carbonyl (C=O) groups excluding carboxylic acids is 1. The van der Waals surface area contributed by atoms with Crippen LogP contribution in [0.1, 0.15) is 26.3 Å². The van der Waals surface area contributed by atoms with E-state index in [-0.39, 0.29) is 18.0 Å². The van der Waals surface area contributed by atoms with Crippen molar-refractivity contribution in [3.63, 3.8) is 0 Å². The summed E-state index contributed by atoms with van der Waals surface area (Å²) >= 11 is 1.57. The molecule has 102 valence electrons. The Balaban J connectivity index is 2.02. The molecule has 0 saturated heterocycles. The highest BCUT2D eigenvalue weighted by Gasteiger charge is 2.14. The van der Waals surface area contributed by atoms with Gasteiger partial charge in [-0.15, -0.1) is 0 Å². The molecule has 4 nitrogen and oxygen atoms in total. The van der Waals surface area contributed by atoms with E-state index in [1.807, 2.05) is 45.9 Å². The van der Waals surface area contributed by atoms with Gasteiger partial charge in [0.2, 0.25) is 5.91 Å². The summed E-state index contributed by atoms with van der Waals surface area (Å²) in [5.74, 6) is -0.0246. The predicted molar refractivity (Wildman–Crippen MR) is 80.7 cm³/mol. The van der Waals surface area contributed by atoms with Crippen molar-refractivity contribution in [2.75, 3.05) is 11.9 Å². The summed E-state index contributed by atoms with van der Waals surface area (Å²) < 4.78 is 1.14. The Morgan fingerprint density at radius 2 is 2.11 bits per heavy atom. The van der Waals surface area contributed by atoms with Crippen LogP contribution in [0.25, 0.3) is 10.2 Å². The Morgan fingerprint density at radius 3 is 2.74 bits per heavy atom. The summed E-state index contributed by atoms with van der Waals surface area (Å²) in [6.45, 7) is 8.18. The lowest BCUT2D eigenvalue weighted by molar-refractivity contribution is -0.120. The van der Waals surface area contributed by atoms with Crippen LogP contribution in [0.5, 0.6) is 0 Å². The number of rotatable bonds is 3. The summed E-state index contributed by atoms with van der Waals surface area (Å²) in [5.41, 5.74) is 1.95. The van der Waals surface area contributed by atoms with Crippen LogP contribution < -0.4 is 10.6 Å². The fraction of sp³-hybridized carbons (Fsp3) is 0.429. The number of amides is 1. The topological polar surface area (TPSA) is 54.0 Å². The van der Waals surface area contributed by atoms with Gasteiger partial charge < -0.3 is 10.6 Å². The van der Waals surface area contributed by atoms with Gasteiger partial charge >= 0.3 is 0 Å². The summed E-state index contributed by atoms with van der Waals surface area (Å²) in [7, 11) is 0. The first-order valence-corrected chi connectivity index (χ1v) is 7.08. The van der Waals surface area contributed by atoms with E-state index in [4.69, 9.17) is 0 Å². The summed E-state index contributed by atoms with van der Waals surface area (Å²) in [6.07, 6.45) is 0. The van der Waals surface area contributed by atoms with Gasteiger partial charge in [0.25, 0.3) is 0 Å². The minimum atomic E-state index is -0.205. The molecule has 0 unspecified atom stereocenters. The van der Waals surface area contributed by atoms with Crippen LogP contribution in [0.15, 0.2) is 18.2 Å². The molecule has 2 N–H and O–H groups in total. The van der Waals surface area contributed by atoms with E-state index in [1.165, 1.54) is 0 Å². The normalized spacial score (nSPS) is 11.6. The van der Waals surface area contributed by atoms with E-state index < -0.39 is 0 Å². The highest BCUT2D eigenvalue weighted by molar-refractivity contribution is 7.22. The maximum absolute atomic E-state index is 11.7. The van der Waals surface area contributed by atoms with Crippen LogP contribution in [0.3, 0.4) is 0 Å². The predicted octanol–water partition coefficient (Wildman–Crippen LogP) is 2.93. The fourth-order valence-corrected chi connectivity index (χ4v) is 2.72. The van der Waals surface area contributed by atoms with Gasteiger partial charge in [-0.25, -0.2) is 4.98 Å². The van der Waals surface area contributed by atoms with Gasteiger partial charge in [-0.1, -0.05) is 23.5 Å². The molecular weight excluding hydrogens is 258 g/mol. The minimum absolute atomic E-state index is 0.0246. The van der Waals surface area contributed by atoms with E-state index in [9.17, 15) is 4.79 Å². The lowest BCUT2D eigenvalue weighted by Crippen LogP contribution is -2.43. The van der Waals surface area contributed by atoms with Crippen LogP contribution in [0, 0.1) is 6.92 Å². The van der Waals surface area contributed by atoms with E-state index in [0.717, 1.165) is 20.9 Å². The van der Waals surface area contributed by atoms with Gasteiger partial charge in [0.05, 0.1) is 16.8 Å². The Bertz CT molecular complexity index is 598. The molecule has 0 atom stereocenters. The zero-order chi connectivity index (χ0) is 14.0. The van der Waals surface area contributed by atoms with E-state index in [2.05, 4.69) is 15.6 Å². The van der Waals surface area contributed by atoms with E-state index in [0.29, 0.717) is 0 Å². The van der Waals surface area contributed by atoms with Gasteiger partial charge in [0.1, 0.15) is 0 Å². The van der Waals surface area contributed by atoms with Crippen molar-refractivity contribution in [1.29, 1.82) is 0 Å². The molecule has 1 amide bonds. The van der Waals surface area contributed by atoms with E-state index in [1.54, 1.807) is 11.3 Å². The number of aryl methyl sites for hydroxylation is 1. The van der Waals surface area contributed by atoms with Gasteiger partial charge in [-0.05, 0) is 39.3 Å². The van der Waals surface area contributed by atoms with Crippen LogP contribution >= 0.6 is 11.3 Å².